The molecule has 0 spiro atoms. The maximum atomic E-state index is 12.1. The summed E-state index contributed by atoms with van der Waals surface area (Å²) in [6.07, 6.45) is -0.584. The van der Waals surface area contributed by atoms with Crippen molar-refractivity contribution in [2.24, 2.45) is 0 Å². The predicted octanol–water partition coefficient (Wildman–Crippen LogP) is 2.05. The lowest BCUT2D eigenvalue weighted by Gasteiger charge is -2.30. The van der Waals surface area contributed by atoms with Gasteiger partial charge < -0.3 is 29.6 Å². The molecule has 1 aromatic heterocycles. The molecule has 1 aliphatic rings. The van der Waals surface area contributed by atoms with Crippen molar-refractivity contribution < 1.29 is 23.5 Å². The quantitative estimate of drug-likeness (QED) is 0.837. The van der Waals surface area contributed by atoms with Crippen LogP contribution in [0.1, 0.15) is 23.2 Å². The fraction of sp³-hybridized carbons (Fsp3) is 0.316. The first-order valence-electron chi connectivity index (χ1n) is 8.69. The van der Waals surface area contributed by atoms with Crippen LogP contribution in [0.4, 0.5) is 16.2 Å². The van der Waals surface area contributed by atoms with Crippen molar-refractivity contribution in [1.29, 1.82) is 0 Å². The van der Waals surface area contributed by atoms with Crippen molar-refractivity contribution in [1.82, 2.24) is 10.2 Å². The Kier molecular flexibility index (Phi) is 5.25. The van der Waals surface area contributed by atoms with Crippen molar-refractivity contribution in [3.05, 3.63) is 41.9 Å². The minimum atomic E-state index is -0.584. The van der Waals surface area contributed by atoms with E-state index in [1.807, 2.05) is 0 Å². The summed E-state index contributed by atoms with van der Waals surface area (Å²) < 4.78 is 11.0. The Morgan fingerprint density at radius 2 is 1.96 bits per heavy atom. The van der Waals surface area contributed by atoms with Crippen LogP contribution in [0.15, 0.2) is 34.7 Å². The summed E-state index contributed by atoms with van der Waals surface area (Å²) in [4.78, 5) is 38.8. The first kappa shape index (κ1) is 19.3. The summed E-state index contributed by atoms with van der Waals surface area (Å²) in [6.45, 7) is 1.80. The van der Waals surface area contributed by atoms with Gasteiger partial charge in [-0.3, -0.25) is 9.59 Å². The van der Waals surface area contributed by atoms with Crippen LogP contribution in [0.25, 0.3) is 0 Å². The molecule has 1 aliphatic heterocycles. The van der Waals surface area contributed by atoms with Gasteiger partial charge in [0.1, 0.15) is 11.5 Å². The molecule has 2 N–H and O–H groups in total. The SMILES string of the molecule is C[C@H]1Oc2cc(NC(=O)NCc3ccc(C(=O)N(C)C)o3)ccc2N(C)C1=O. The number of nitrogens with zero attached hydrogens (tertiary/aromatic N) is 2. The van der Waals surface area contributed by atoms with Crippen LogP contribution in [-0.2, 0) is 11.3 Å². The van der Waals surface area contributed by atoms with E-state index in [0.717, 1.165) is 0 Å². The molecule has 3 rings (SSSR count). The van der Waals surface area contributed by atoms with Crippen molar-refractivity contribution in [2.45, 2.75) is 19.6 Å². The number of hydrogen-bond donors (Lipinski definition) is 2. The fourth-order valence-electron chi connectivity index (χ4n) is 2.75. The molecule has 0 fully saturated rings. The molecule has 0 aliphatic carbocycles. The minimum Gasteiger partial charge on any atom is -0.479 e. The van der Waals surface area contributed by atoms with Gasteiger partial charge in [-0.15, -0.1) is 0 Å². The second-order valence-electron chi connectivity index (χ2n) is 6.61. The molecule has 2 aromatic rings. The smallest absolute Gasteiger partial charge is 0.319 e. The van der Waals surface area contributed by atoms with E-state index in [9.17, 15) is 14.4 Å². The van der Waals surface area contributed by atoms with Crippen LogP contribution in [0, 0.1) is 0 Å². The standard InChI is InChI=1S/C19H22N4O5/c1-11-17(24)23(4)14-7-5-12(9-16(14)27-11)21-19(26)20-10-13-6-8-15(28-13)18(25)22(2)3/h5-9,11H,10H2,1-4H3,(H2,20,21,26)/t11-/m1/s1. The van der Waals surface area contributed by atoms with E-state index in [1.165, 1.54) is 9.80 Å². The lowest BCUT2D eigenvalue weighted by Crippen LogP contribution is -2.42. The Labute approximate surface area is 162 Å². The van der Waals surface area contributed by atoms with Gasteiger partial charge in [-0.05, 0) is 31.2 Å². The maximum Gasteiger partial charge on any atom is 0.319 e. The second-order valence-corrected chi connectivity index (χ2v) is 6.61. The molecule has 0 saturated heterocycles. The number of furan rings is 1. The van der Waals surface area contributed by atoms with Gasteiger partial charge >= 0.3 is 6.03 Å². The maximum absolute atomic E-state index is 12.1. The molecule has 148 valence electrons. The number of urea groups is 1. The molecule has 28 heavy (non-hydrogen) atoms. The molecule has 2 heterocycles. The number of rotatable bonds is 4. The predicted molar refractivity (Wildman–Crippen MR) is 103 cm³/mol. The average Bonchev–Trinajstić information content (AvgIpc) is 3.12. The fourth-order valence-corrected chi connectivity index (χ4v) is 2.75. The number of fused-ring (bicyclic) bond motifs is 1. The van der Waals surface area contributed by atoms with Crippen LogP contribution in [0.3, 0.4) is 0 Å². The highest BCUT2D eigenvalue weighted by molar-refractivity contribution is 6.00. The van der Waals surface area contributed by atoms with Crippen molar-refractivity contribution in [3.63, 3.8) is 0 Å². The zero-order chi connectivity index (χ0) is 20.4. The molecule has 0 unspecified atom stereocenters. The minimum absolute atomic E-state index is 0.127. The highest BCUT2D eigenvalue weighted by Gasteiger charge is 2.29. The van der Waals surface area contributed by atoms with E-state index in [4.69, 9.17) is 9.15 Å². The number of likely N-dealkylation sites (N-methyl/N-ethyl adjacent to an activating group) is 1. The second kappa shape index (κ2) is 7.63. The number of nitrogens with one attached hydrogen (secondary N) is 2. The van der Waals surface area contributed by atoms with E-state index < -0.39 is 12.1 Å². The Morgan fingerprint density at radius 3 is 2.68 bits per heavy atom. The van der Waals surface area contributed by atoms with Crippen LogP contribution in [0.5, 0.6) is 5.75 Å². The van der Waals surface area contributed by atoms with Gasteiger partial charge in [-0.25, -0.2) is 4.79 Å². The van der Waals surface area contributed by atoms with Gasteiger partial charge in [0.05, 0.1) is 12.2 Å². The summed E-state index contributed by atoms with van der Waals surface area (Å²) in [5, 5.41) is 5.36. The monoisotopic (exact) mass is 386 g/mol. The van der Waals surface area contributed by atoms with Crippen LogP contribution in [-0.4, -0.2) is 50.0 Å². The molecule has 1 aromatic carbocycles. The van der Waals surface area contributed by atoms with E-state index in [-0.39, 0.29) is 24.1 Å². The van der Waals surface area contributed by atoms with E-state index in [2.05, 4.69) is 10.6 Å². The lowest BCUT2D eigenvalue weighted by atomic mass is 10.2. The molecule has 9 nitrogen and oxygen atoms in total. The zero-order valence-electron chi connectivity index (χ0n) is 16.1. The third-order valence-corrected chi connectivity index (χ3v) is 4.26. The highest BCUT2D eigenvalue weighted by atomic mass is 16.5. The summed E-state index contributed by atoms with van der Waals surface area (Å²) in [7, 11) is 4.94. The third kappa shape index (κ3) is 3.93. The van der Waals surface area contributed by atoms with Gasteiger partial charge in [0.25, 0.3) is 11.8 Å². The molecular formula is C19H22N4O5. The summed E-state index contributed by atoms with van der Waals surface area (Å²) in [5.41, 5.74) is 1.16. The molecule has 0 bridgehead atoms. The largest absolute Gasteiger partial charge is 0.479 e. The van der Waals surface area contributed by atoms with Gasteiger partial charge in [-0.2, -0.15) is 0 Å². The van der Waals surface area contributed by atoms with Gasteiger partial charge in [0.15, 0.2) is 11.9 Å². The number of ether oxygens (including phenoxy) is 1. The van der Waals surface area contributed by atoms with Crippen molar-refractivity contribution in [2.75, 3.05) is 31.4 Å². The summed E-state index contributed by atoms with van der Waals surface area (Å²) in [6, 6.07) is 7.82. The van der Waals surface area contributed by atoms with E-state index in [0.29, 0.717) is 22.9 Å². The van der Waals surface area contributed by atoms with Crippen LogP contribution >= 0.6 is 0 Å². The molecule has 0 saturated carbocycles. The molecule has 9 heteroatoms. The molecule has 4 amide bonds. The van der Waals surface area contributed by atoms with Crippen molar-refractivity contribution >= 4 is 29.2 Å². The zero-order valence-corrected chi connectivity index (χ0v) is 16.1. The molecule has 0 radical (unpaired) electrons. The van der Waals surface area contributed by atoms with E-state index >= 15 is 0 Å². The molecular weight excluding hydrogens is 364 g/mol. The van der Waals surface area contributed by atoms with Crippen LogP contribution in [0.2, 0.25) is 0 Å². The Bertz CT molecular complexity index is 921. The highest BCUT2D eigenvalue weighted by Crippen LogP contribution is 2.35. The van der Waals surface area contributed by atoms with Gasteiger partial charge in [0, 0.05) is 32.9 Å². The lowest BCUT2D eigenvalue weighted by molar-refractivity contribution is -0.125. The summed E-state index contributed by atoms with van der Waals surface area (Å²) >= 11 is 0. The molecule has 1 atom stereocenters. The number of carbonyl (C=O) groups is 3. The Morgan fingerprint density at radius 1 is 1.21 bits per heavy atom. The van der Waals surface area contributed by atoms with Crippen molar-refractivity contribution in [3.8, 4) is 5.75 Å². The number of hydrogen-bond acceptors (Lipinski definition) is 5. The number of amides is 4. The normalized spacial score (nSPS) is 15.5. The first-order valence-corrected chi connectivity index (χ1v) is 8.69. The average molecular weight is 386 g/mol. The number of carbonyl (C=O) groups excluding carboxylic acids is 3. The third-order valence-electron chi connectivity index (χ3n) is 4.26. The number of benzene rings is 1. The van der Waals surface area contributed by atoms with Gasteiger partial charge in [0.2, 0.25) is 0 Å². The van der Waals surface area contributed by atoms with E-state index in [1.54, 1.807) is 58.4 Å². The van der Waals surface area contributed by atoms with Crippen LogP contribution < -0.4 is 20.3 Å². The Balaban J connectivity index is 1.59. The topological polar surface area (TPSA) is 104 Å². The summed E-state index contributed by atoms with van der Waals surface area (Å²) in [5.74, 6) is 0.814. The Hall–Kier alpha value is -3.49. The number of anilines is 2. The first-order chi connectivity index (χ1) is 13.3. The van der Waals surface area contributed by atoms with Gasteiger partial charge in [-0.1, -0.05) is 0 Å².